The van der Waals surface area contributed by atoms with Gasteiger partial charge in [0.15, 0.2) is 0 Å². The van der Waals surface area contributed by atoms with Crippen LogP contribution in [0.2, 0.25) is 5.02 Å². The highest BCUT2D eigenvalue weighted by Gasteiger charge is 2.27. The van der Waals surface area contributed by atoms with Crippen molar-refractivity contribution in [2.45, 2.75) is 25.2 Å². The molecule has 0 spiro atoms. The van der Waals surface area contributed by atoms with E-state index in [1.165, 1.54) is 29.9 Å². The van der Waals surface area contributed by atoms with Crippen LogP contribution in [0.1, 0.15) is 30.1 Å². The quantitative estimate of drug-likeness (QED) is 0.906. The van der Waals surface area contributed by atoms with E-state index >= 15 is 0 Å². The largest absolute Gasteiger partial charge is 0.360 e. The number of aromatic nitrogens is 2. The molecule has 1 aromatic heterocycles. The summed E-state index contributed by atoms with van der Waals surface area (Å²) < 4.78 is 4.37. The second kappa shape index (κ2) is 5.24. The lowest BCUT2D eigenvalue weighted by molar-refractivity contribution is 0.969. The monoisotopic (exact) mass is 279 g/mol. The highest BCUT2D eigenvalue weighted by molar-refractivity contribution is 7.09. The van der Waals surface area contributed by atoms with Crippen LogP contribution in [0.4, 0.5) is 5.13 Å². The van der Waals surface area contributed by atoms with Crippen molar-refractivity contribution in [2.75, 3.05) is 11.9 Å². The molecule has 0 atom stereocenters. The molecule has 0 radical (unpaired) electrons. The van der Waals surface area contributed by atoms with Gasteiger partial charge in [0.05, 0.1) is 0 Å². The van der Waals surface area contributed by atoms with Gasteiger partial charge in [-0.05, 0) is 37.0 Å². The van der Waals surface area contributed by atoms with Gasteiger partial charge in [-0.25, -0.2) is 4.98 Å². The van der Waals surface area contributed by atoms with Crippen LogP contribution in [0.25, 0.3) is 0 Å². The summed E-state index contributed by atoms with van der Waals surface area (Å²) in [5, 5.41) is 5.04. The van der Waals surface area contributed by atoms with E-state index in [-0.39, 0.29) is 0 Å². The normalized spacial score (nSPS) is 14.7. The summed E-state index contributed by atoms with van der Waals surface area (Å²) >= 11 is 7.31. The maximum Gasteiger partial charge on any atom is 0.202 e. The number of nitrogens with one attached hydrogen (secondary N) is 1. The molecule has 0 aliphatic heterocycles. The van der Waals surface area contributed by atoms with Gasteiger partial charge in [0.1, 0.15) is 5.82 Å². The highest BCUT2D eigenvalue weighted by Crippen LogP contribution is 2.39. The molecule has 18 heavy (non-hydrogen) atoms. The van der Waals surface area contributed by atoms with Gasteiger partial charge in [0.25, 0.3) is 0 Å². The minimum Gasteiger partial charge on any atom is -0.360 e. The Morgan fingerprint density at radius 2 is 2.06 bits per heavy atom. The number of rotatable bonds is 5. The van der Waals surface area contributed by atoms with E-state index < -0.39 is 0 Å². The number of anilines is 1. The summed E-state index contributed by atoms with van der Waals surface area (Å²) in [6.07, 6.45) is 3.47. The second-order valence-electron chi connectivity index (χ2n) is 4.54. The third-order valence-corrected chi connectivity index (χ3v) is 3.93. The summed E-state index contributed by atoms with van der Waals surface area (Å²) in [7, 11) is 0. The Morgan fingerprint density at radius 3 is 2.78 bits per heavy atom. The van der Waals surface area contributed by atoms with Crippen molar-refractivity contribution in [2.24, 2.45) is 0 Å². The molecule has 94 valence electrons. The van der Waals surface area contributed by atoms with Gasteiger partial charge in [-0.1, -0.05) is 23.7 Å². The first kappa shape index (κ1) is 11.9. The van der Waals surface area contributed by atoms with E-state index in [9.17, 15) is 0 Å². The lowest BCUT2D eigenvalue weighted by Crippen LogP contribution is -2.04. The molecule has 5 heteroatoms. The first-order valence-electron chi connectivity index (χ1n) is 6.13. The predicted molar refractivity (Wildman–Crippen MR) is 75.5 cm³/mol. The molecule has 2 aromatic rings. The molecule has 1 fully saturated rings. The molecule has 1 N–H and O–H groups in total. The van der Waals surface area contributed by atoms with Crippen LogP contribution >= 0.6 is 23.1 Å². The summed E-state index contributed by atoms with van der Waals surface area (Å²) in [5.41, 5.74) is 1.28. The number of nitrogens with zero attached hydrogens (tertiary/aromatic N) is 2. The average molecular weight is 280 g/mol. The van der Waals surface area contributed by atoms with Crippen LogP contribution in [0.3, 0.4) is 0 Å². The van der Waals surface area contributed by atoms with Crippen molar-refractivity contribution in [3.8, 4) is 0 Å². The molecule has 1 aromatic carbocycles. The van der Waals surface area contributed by atoms with Crippen molar-refractivity contribution in [3.63, 3.8) is 0 Å². The third-order valence-electron chi connectivity index (χ3n) is 2.99. The second-order valence-corrected chi connectivity index (χ2v) is 5.72. The van der Waals surface area contributed by atoms with Gasteiger partial charge in [-0.15, -0.1) is 0 Å². The summed E-state index contributed by atoms with van der Waals surface area (Å²) in [5.74, 6) is 1.65. The zero-order valence-corrected chi connectivity index (χ0v) is 11.5. The lowest BCUT2D eigenvalue weighted by atomic mass is 10.1. The molecule has 1 aliphatic rings. The standard InChI is InChI=1S/C13H14ClN3S/c14-11-5-1-9(2-6-11)7-8-15-13-16-12(17-18-13)10-3-4-10/h1-2,5-6,10H,3-4,7-8H2,(H,15,16,17). The fourth-order valence-corrected chi connectivity index (χ4v) is 2.58. The maximum absolute atomic E-state index is 5.85. The van der Waals surface area contributed by atoms with E-state index in [0.29, 0.717) is 5.92 Å². The van der Waals surface area contributed by atoms with Crippen LogP contribution in [0, 0.1) is 0 Å². The van der Waals surface area contributed by atoms with Crippen molar-refractivity contribution in [1.82, 2.24) is 9.36 Å². The fourth-order valence-electron chi connectivity index (χ4n) is 1.78. The molecular formula is C13H14ClN3S. The lowest BCUT2D eigenvalue weighted by Gasteiger charge is -2.02. The van der Waals surface area contributed by atoms with E-state index in [1.807, 2.05) is 12.1 Å². The molecule has 1 aliphatic carbocycles. The Kier molecular flexibility index (Phi) is 3.48. The molecule has 3 rings (SSSR count). The first-order chi connectivity index (χ1) is 8.81. The smallest absolute Gasteiger partial charge is 0.202 e. The number of hydrogen-bond donors (Lipinski definition) is 1. The molecule has 0 saturated heterocycles. The molecule has 1 heterocycles. The van der Waals surface area contributed by atoms with Crippen molar-refractivity contribution in [3.05, 3.63) is 40.7 Å². The van der Waals surface area contributed by atoms with Crippen molar-refractivity contribution >= 4 is 28.3 Å². The van der Waals surface area contributed by atoms with Gasteiger partial charge in [0.2, 0.25) is 5.13 Å². The molecule has 0 unspecified atom stereocenters. The van der Waals surface area contributed by atoms with Crippen LogP contribution < -0.4 is 5.32 Å². The fraction of sp³-hybridized carbons (Fsp3) is 0.385. The summed E-state index contributed by atoms with van der Waals surface area (Å²) in [6.45, 7) is 0.876. The Balaban J connectivity index is 1.49. The van der Waals surface area contributed by atoms with Crippen molar-refractivity contribution in [1.29, 1.82) is 0 Å². The van der Waals surface area contributed by atoms with E-state index in [4.69, 9.17) is 11.6 Å². The van der Waals surface area contributed by atoms with E-state index in [2.05, 4.69) is 26.8 Å². The Morgan fingerprint density at radius 1 is 1.28 bits per heavy atom. The van der Waals surface area contributed by atoms with Gasteiger partial charge in [-0.3, -0.25) is 0 Å². The summed E-state index contributed by atoms with van der Waals surface area (Å²) in [4.78, 5) is 4.49. The minimum atomic E-state index is 0.632. The SMILES string of the molecule is Clc1ccc(CCNc2nc(C3CC3)ns2)cc1. The van der Waals surface area contributed by atoms with Crippen LogP contribution in [-0.2, 0) is 6.42 Å². The van der Waals surface area contributed by atoms with Gasteiger partial charge in [0, 0.05) is 29.0 Å². The van der Waals surface area contributed by atoms with Crippen LogP contribution in [-0.4, -0.2) is 15.9 Å². The molecule has 1 saturated carbocycles. The van der Waals surface area contributed by atoms with E-state index in [1.54, 1.807) is 0 Å². The summed E-state index contributed by atoms with van der Waals surface area (Å²) in [6, 6.07) is 7.96. The molecule has 3 nitrogen and oxygen atoms in total. The molecule has 0 bridgehead atoms. The average Bonchev–Trinajstić information content (AvgIpc) is 3.12. The van der Waals surface area contributed by atoms with Crippen LogP contribution in [0.15, 0.2) is 24.3 Å². The zero-order chi connectivity index (χ0) is 12.4. The van der Waals surface area contributed by atoms with Gasteiger partial charge >= 0.3 is 0 Å². The predicted octanol–water partition coefficient (Wildman–Crippen LogP) is 3.72. The third kappa shape index (κ3) is 3.00. The topological polar surface area (TPSA) is 37.8 Å². The Bertz CT molecular complexity index is 519. The number of hydrogen-bond acceptors (Lipinski definition) is 4. The number of halogens is 1. The van der Waals surface area contributed by atoms with Gasteiger partial charge < -0.3 is 5.32 Å². The highest BCUT2D eigenvalue weighted by atomic mass is 35.5. The van der Waals surface area contributed by atoms with Crippen molar-refractivity contribution < 1.29 is 0 Å². The zero-order valence-electron chi connectivity index (χ0n) is 9.90. The first-order valence-corrected chi connectivity index (χ1v) is 7.28. The van der Waals surface area contributed by atoms with Gasteiger partial charge in [-0.2, -0.15) is 4.37 Å². The minimum absolute atomic E-state index is 0.632. The van der Waals surface area contributed by atoms with Crippen LogP contribution in [0.5, 0.6) is 0 Å². The Hall–Kier alpha value is -1.13. The molecular weight excluding hydrogens is 266 g/mol. The van der Waals surface area contributed by atoms with E-state index in [0.717, 1.165) is 28.9 Å². The Labute approximate surface area is 115 Å². The maximum atomic E-state index is 5.85. The molecule has 0 amide bonds. The number of benzene rings is 1.